The summed E-state index contributed by atoms with van der Waals surface area (Å²) in [5.41, 5.74) is 5.16. The number of phenols is 1. The highest BCUT2D eigenvalue weighted by atomic mass is 16.5. The molecule has 0 aromatic heterocycles. The molecule has 0 aliphatic carbocycles. The van der Waals surface area contributed by atoms with Crippen molar-refractivity contribution in [3.63, 3.8) is 0 Å². The number of amides is 1. The predicted octanol–water partition coefficient (Wildman–Crippen LogP) is 4.46. The molecule has 0 saturated carbocycles. The average Bonchev–Trinajstić information content (AvgIpc) is 2.75. The SMILES string of the molecule is Cc1ccc(-c2cccc(NC(=O)c3cc(N4CCOCC4)ccc3O)c2)cc1. The number of rotatable bonds is 4. The zero-order valence-electron chi connectivity index (χ0n) is 16.4. The Balaban J connectivity index is 1.55. The molecule has 1 fully saturated rings. The van der Waals surface area contributed by atoms with E-state index >= 15 is 0 Å². The second-order valence-corrected chi connectivity index (χ2v) is 7.20. The highest BCUT2D eigenvalue weighted by Gasteiger charge is 2.17. The van der Waals surface area contributed by atoms with Crippen molar-refractivity contribution in [2.45, 2.75) is 6.92 Å². The van der Waals surface area contributed by atoms with Gasteiger partial charge >= 0.3 is 0 Å². The Hall–Kier alpha value is -3.31. The van der Waals surface area contributed by atoms with Crippen LogP contribution in [0.2, 0.25) is 0 Å². The first-order chi connectivity index (χ1) is 14.1. The van der Waals surface area contributed by atoms with Gasteiger partial charge < -0.3 is 20.1 Å². The number of nitrogens with one attached hydrogen (secondary N) is 1. The number of benzene rings is 3. The summed E-state index contributed by atoms with van der Waals surface area (Å²) in [5, 5.41) is 13.1. The zero-order valence-corrected chi connectivity index (χ0v) is 16.4. The molecule has 0 unspecified atom stereocenters. The standard InChI is InChI=1S/C24H24N2O3/c1-17-5-7-18(8-6-17)19-3-2-4-20(15-19)25-24(28)22-16-21(9-10-23(22)27)26-11-13-29-14-12-26/h2-10,15-16,27H,11-14H2,1H3,(H,25,28). The third-order valence-electron chi connectivity index (χ3n) is 5.11. The Morgan fingerprint density at radius 3 is 2.48 bits per heavy atom. The Morgan fingerprint density at radius 2 is 1.72 bits per heavy atom. The van der Waals surface area contributed by atoms with Crippen LogP contribution in [0, 0.1) is 6.92 Å². The van der Waals surface area contributed by atoms with Gasteiger partial charge in [0.1, 0.15) is 5.75 Å². The van der Waals surface area contributed by atoms with E-state index in [1.165, 1.54) is 5.56 Å². The van der Waals surface area contributed by atoms with E-state index in [9.17, 15) is 9.90 Å². The molecule has 0 bridgehead atoms. The molecule has 29 heavy (non-hydrogen) atoms. The van der Waals surface area contributed by atoms with E-state index in [0.29, 0.717) is 18.9 Å². The molecule has 148 valence electrons. The van der Waals surface area contributed by atoms with Gasteiger partial charge in [-0.1, -0.05) is 42.0 Å². The molecule has 0 radical (unpaired) electrons. The van der Waals surface area contributed by atoms with E-state index < -0.39 is 0 Å². The van der Waals surface area contributed by atoms with Crippen molar-refractivity contribution >= 4 is 17.3 Å². The smallest absolute Gasteiger partial charge is 0.259 e. The minimum Gasteiger partial charge on any atom is -0.507 e. The van der Waals surface area contributed by atoms with Crippen molar-refractivity contribution in [2.24, 2.45) is 0 Å². The maximum absolute atomic E-state index is 12.8. The fourth-order valence-electron chi connectivity index (χ4n) is 3.45. The third kappa shape index (κ3) is 4.41. The molecule has 1 aliphatic heterocycles. The van der Waals surface area contributed by atoms with Crippen LogP contribution in [0.1, 0.15) is 15.9 Å². The quantitative estimate of drug-likeness (QED) is 0.693. The summed E-state index contributed by atoms with van der Waals surface area (Å²) in [6, 6.07) is 21.1. The summed E-state index contributed by atoms with van der Waals surface area (Å²) < 4.78 is 5.39. The number of phenolic OH excluding ortho intramolecular Hbond substituents is 1. The van der Waals surface area contributed by atoms with Gasteiger partial charge in [-0.05, 0) is 48.4 Å². The topological polar surface area (TPSA) is 61.8 Å². The molecule has 4 rings (SSSR count). The van der Waals surface area contributed by atoms with E-state index in [1.54, 1.807) is 12.1 Å². The molecule has 1 amide bonds. The molecular formula is C24H24N2O3. The first kappa shape index (κ1) is 19.0. The number of nitrogens with zero attached hydrogens (tertiary/aromatic N) is 1. The lowest BCUT2D eigenvalue weighted by Gasteiger charge is -2.29. The number of morpholine rings is 1. The lowest BCUT2D eigenvalue weighted by Crippen LogP contribution is -2.36. The van der Waals surface area contributed by atoms with Gasteiger partial charge in [-0.3, -0.25) is 4.79 Å². The number of aryl methyl sites for hydroxylation is 1. The van der Waals surface area contributed by atoms with Crippen molar-refractivity contribution in [2.75, 3.05) is 36.5 Å². The van der Waals surface area contributed by atoms with Crippen molar-refractivity contribution in [3.8, 4) is 16.9 Å². The van der Waals surface area contributed by atoms with Gasteiger partial charge in [-0.2, -0.15) is 0 Å². The van der Waals surface area contributed by atoms with E-state index in [1.807, 2.05) is 30.3 Å². The van der Waals surface area contributed by atoms with E-state index in [2.05, 4.69) is 41.4 Å². The van der Waals surface area contributed by atoms with Crippen molar-refractivity contribution in [3.05, 3.63) is 77.9 Å². The van der Waals surface area contributed by atoms with Crippen LogP contribution in [0.15, 0.2) is 66.7 Å². The van der Waals surface area contributed by atoms with Crippen LogP contribution in [-0.4, -0.2) is 37.3 Å². The van der Waals surface area contributed by atoms with Crippen LogP contribution in [-0.2, 0) is 4.74 Å². The Bertz CT molecular complexity index is 1010. The average molecular weight is 388 g/mol. The maximum Gasteiger partial charge on any atom is 0.259 e. The molecule has 1 heterocycles. The third-order valence-corrected chi connectivity index (χ3v) is 5.11. The number of carbonyl (C=O) groups is 1. The number of hydrogen-bond acceptors (Lipinski definition) is 4. The van der Waals surface area contributed by atoms with Crippen LogP contribution in [0.4, 0.5) is 11.4 Å². The summed E-state index contributed by atoms with van der Waals surface area (Å²) in [6.07, 6.45) is 0. The summed E-state index contributed by atoms with van der Waals surface area (Å²) >= 11 is 0. The van der Waals surface area contributed by atoms with Crippen LogP contribution >= 0.6 is 0 Å². The first-order valence-corrected chi connectivity index (χ1v) is 9.74. The van der Waals surface area contributed by atoms with Crippen LogP contribution in [0.5, 0.6) is 5.75 Å². The largest absolute Gasteiger partial charge is 0.507 e. The fraction of sp³-hybridized carbons (Fsp3) is 0.208. The summed E-state index contributed by atoms with van der Waals surface area (Å²) in [5.74, 6) is -0.368. The highest BCUT2D eigenvalue weighted by Crippen LogP contribution is 2.27. The van der Waals surface area contributed by atoms with Crippen LogP contribution in [0.25, 0.3) is 11.1 Å². The number of hydrogen-bond donors (Lipinski definition) is 2. The molecule has 1 aliphatic rings. The summed E-state index contributed by atoms with van der Waals surface area (Å²) in [7, 11) is 0. The molecule has 3 aromatic rings. The molecule has 0 spiro atoms. The minimum absolute atomic E-state index is 0.0331. The lowest BCUT2D eigenvalue weighted by atomic mass is 10.0. The van der Waals surface area contributed by atoms with E-state index in [-0.39, 0.29) is 17.2 Å². The molecule has 2 N–H and O–H groups in total. The van der Waals surface area contributed by atoms with E-state index in [4.69, 9.17) is 4.74 Å². The van der Waals surface area contributed by atoms with E-state index in [0.717, 1.165) is 29.9 Å². The van der Waals surface area contributed by atoms with Gasteiger partial charge in [0, 0.05) is 24.5 Å². The van der Waals surface area contributed by atoms with Gasteiger partial charge in [0.05, 0.1) is 18.8 Å². The molecular weight excluding hydrogens is 364 g/mol. The number of ether oxygens (including phenoxy) is 1. The van der Waals surface area contributed by atoms with Crippen LogP contribution < -0.4 is 10.2 Å². The van der Waals surface area contributed by atoms with Gasteiger partial charge in [-0.15, -0.1) is 0 Å². The molecule has 5 nitrogen and oxygen atoms in total. The fourth-order valence-corrected chi connectivity index (χ4v) is 3.45. The normalized spacial score (nSPS) is 13.9. The number of aromatic hydroxyl groups is 1. The lowest BCUT2D eigenvalue weighted by molar-refractivity contribution is 0.102. The Morgan fingerprint density at radius 1 is 0.966 bits per heavy atom. The van der Waals surface area contributed by atoms with Gasteiger partial charge in [-0.25, -0.2) is 0 Å². The molecule has 0 atom stereocenters. The van der Waals surface area contributed by atoms with Gasteiger partial charge in [0.25, 0.3) is 5.91 Å². The van der Waals surface area contributed by atoms with Crippen molar-refractivity contribution in [1.82, 2.24) is 0 Å². The van der Waals surface area contributed by atoms with Crippen LogP contribution in [0.3, 0.4) is 0 Å². The first-order valence-electron chi connectivity index (χ1n) is 9.74. The minimum atomic E-state index is -0.335. The van der Waals surface area contributed by atoms with Gasteiger partial charge in [0.15, 0.2) is 0 Å². The molecule has 1 saturated heterocycles. The maximum atomic E-state index is 12.8. The Labute approximate surface area is 170 Å². The van der Waals surface area contributed by atoms with Gasteiger partial charge in [0.2, 0.25) is 0 Å². The van der Waals surface area contributed by atoms with Crippen molar-refractivity contribution < 1.29 is 14.6 Å². The van der Waals surface area contributed by atoms with Crippen molar-refractivity contribution in [1.29, 1.82) is 0 Å². The molecule has 5 heteroatoms. The second kappa shape index (κ2) is 8.37. The predicted molar refractivity (Wildman–Crippen MR) is 116 cm³/mol. The number of anilines is 2. The summed E-state index contributed by atoms with van der Waals surface area (Å²) in [6.45, 7) is 4.91. The zero-order chi connectivity index (χ0) is 20.2. The highest BCUT2D eigenvalue weighted by molar-refractivity contribution is 6.07. The Kier molecular flexibility index (Phi) is 5.49. The second-order valence-electron chi connectivity index (χ2n) is 7.20. The molecule has 3 aromatic carbocycles. The number of carbonyl (C=O) groups excluding carboxylic acids is 1. The monoisotopic (exact) mass is 388 g/mol. The summed E-state index contributed by atoms with van der Waals surface area (Å²) in [4.78, 5) is 15.0.